The first-order valence-corrected chi connectivity index (χ1v) is 7.52. The molecule has 0 spiro atoms. The monoisotopic (exact) mass is 289 g/mol. The van der Waals surface area contributed by atoms with E-state index in [4.69, 9.17) is 11.6 Å². The Morgan fingerprint density at radius 3 is 2.11 bits per heavy atom. The second-order valence-electron chi connectivity index (χ2n) is 4.99. The van der Waals surface area contributed by atoms with Crippen LogP contribution in [0.5, 0.6) is 0 Å². The van der Waals surface area contributed by atoms with E-state index in [1.165, 1.54) is 0 Å². The lowest BCUT2D eigenvalue weighted by atomic mass is 9.87. The molecule has 0 amide bonds. The first kappa shape index (κ1) is 15.0. The standard InChI is InChI=1S/C12H16ClNO3S/c1-12(2,3)10-7-5-9(6-8-10)11(13)14-17-18(4,15)16/h5-8H,1-4H3/b14-11-. The Morgan fingerprint density at radius 2 is 1.72 bits per heavy atom. The molecular weight excluding hydrogens is 274 g/mol. The number of hydrogen-bond acceptors (Lipinski definition) is 4. The molecule has 0 radical (unpaired) electrons. The van der Waals surface area contributed by atoms with Crippen molar-refractivity contribution in [1.29, 1.82) is 0 Å². The molecule has 0 aliphatic rings. The molecule has 0 fully saturated rings. The molecule has 0 aromatic heterocycles. The lowest BCUT2D eigenvalue weighted by Crippen LogP contribution is -2.11. The molecule has 0 aliphatic carbocycles. The summed E-state index contributed by atoms with van der Waals surface area (Å²) < 4.78 is 25.8. The van der Waals surface area contributed by atoms with Gasteiger partial charge in [0.15, 0.2) is 5.17 Å². The molecule has 1 rings (SSSR count). The SMILES string of the molecule is CC(C)(C)c1ccc(/C(Cl)=N/OS(C)(=O)=O)cc1. The van der Waals surface area contributed by atoms with Crippen molar-refractivity contribution in [2.45, 2.75) is 26.2 Å². The van der Waals surface area contributed by atoms with Crippen LogP contribution in [0.3, 0.4) is 0 Å². The average Bonchev–Trinajstić information content (AvgIpc) is 2.24. The summed E-state index contributed by atoms with van der Waals surface area (Å²) in [4.78, 5) is 0. The lowest BCUT2D eigenvalue weighted by Gasteiger charge is -2.18. The number of benzene rings is 1. The van der Waals surface area contributed by atoms with Crippen LogP contribution in [0.15, 0.2) is 29.4 Å². The summed E-state index contributed by atoms with van der Waals surface area (Å²) in [6, 6.07) is 7.40. The van der Waals surface area contributed by atoms with Gasteiger partial charge >= 0.3 is 10.1 Å². The van der Waals surface area contributed by atoms with E-state index in [1.807, 2.05) is 12.1 Å². The Hall–Kier alpha value is -1.07. The van der Waals surface area contributed by atoms with Crippen molar-refractivity contribution in [3.8, 4) is 0 Å². The van der Waals surface area contributed by atoms with Gasteiger partial charge in [-0.25, -0.2) is 0 Å². The van der Waals surface area contributed by atoms with Gasteiger partial charge in [0, 0.05) is 5.56 Å². The van der Waals surface area contributed by atoms with Crippen molar-refractivity contribution in [2.75, 3.05) is 6.26 Å². The van der Waals surface area contributed by atoms with Crippen LogP contribution in [0.2, 0.25) is 0 Å². The molecular formula is C12H16ClNO3S. The zero-order chi connectivity index (χ0) is 14.0. The smallest absolute Gasteiger partial charge is 0.267 e. The van der Waals surface area contributed by atoms with Gasteiger partial charge in [0.1, 0.15) is 0 Å². The fourth-order valence-electron chi connectivity index (χ4n) is 1.26. The first-order valence-electron chi connectivity index (χ1n) is 5.32. The summed E-state index contributed by atoms with van der Waals surface area (Å²) in [6.07, 6.45) is 0.906. The number of oxime groups is 1. The van der Waals surface area contributed by atoms with Crippen LogP contribution in [0, 0.1) is 0 Å². The third-order valence-electron chi connectivity index (χ3n) is 2.24. The number of nitrogens with zero attached hydrogens (tertiary/aromatic N) is 1. The van der Waals surface area contributed by atoms with E-state index in [0.29, 0.717) is 5.56 Å². The predicted molar refractivity (Wildman–Crippen MR) is 73.5 cm³/mol. The normalized spacial score (nSPS) is 13.5. The first-order chi connectivity index (χ1) is 8.09. The van der Waals surface area contributed by atoms with Crippen LogP contribution in [-0.4, -0.2) is 19.8 Å². The van der Waals surface area contributed by atoms with Crippen LogP contribution in [0.1, 0.15) is 31.9 Å². The Labute approximate surface area is 113 Å². The molecule has 0 bridgehead atoms. The van der Waals surface area contributed by atoms with Crippen molar-refractivity contribution in [3.63, 3.8) is 0 Å². The number of halogens is 1. The van der Waals surface area contributed by atoms with Crippen LogP contribution >= 0.6 is 11.6 Å². The molecule has 0 aliphatic heterocycles. The van der Waals surface area contributed by atoms with Gasteiger partial charge in [0.25, 0.3) is 0 Å². The Bertz CT molecular complexity index is 542. The van der Waals surface area contributed by atoms with Gasteiger partial charge in [-0.2, -0.15) is 8.42 Å². The number of hydrogen-bond donors (Lipinski definition) is 0. The van der Waals surface area contributed by atoms with E-state index < -0.39 is 10.1 Å². The van der Waals surface area contributed by atoms with E-state index in [1.54, 1.807) is 12.1 Å². The highest BCUT2D eigenvalue weighted by Gasteiger charge is 2.13. The fourth-order valence-corrected chi connectivity index (χ4v) is 1.67. The van der Waals surface area contributed by atoms with E-state index in [9.17, 15) is 8.42 Å². The third kappa shape index (κ3) is 4.66. The highest BCUT2D eigenvalue weighted by molar-refractivity contribution is 7.85. The molecule has 0 atom stereocenters. The Balaban J connectivity index is 2.92. The largest absolute Gasteiger partial charge is 0.325 e. The van der Waals surface area contributed by atoms with Crippen molar-refractivity contribution in [1.82, 2.24) is 0 Å². The molecule has 1 aromatic rings. The van der Waals surface area contributed by atoms with Crippen molar-refractivity contribution in [3.05, 3.63) is 35.4 Å². The molecule has 1 aromatic carbocycles. The highest BCUT2D eigenvalue weighted by Crippen LogP contribution is 2.22. The minimum atomic E-state index is -3.63. The number of rotatable bonds is 3. The third-order valence-corrected chi connectivity index (χ3v) is 2.87. The summed E-state index contributed by atoms with van der Waals surface area (Å²) in [7, 11) is -3.63. The Kier molecular flexibility index (Phi) is 4.40. The minimum absolute atomic E-state index is 0.000819. The molecule has 0 heterocycles. The van der Waals surface area contributed by atoms with E-state index in [0.717, 1.165) is 11.8 Å². The minimum Gasteiger partial charge on any atom is -0.267 e. The van der Waals surface area contributed by atoms with Crippen LogP contribution in [0.4, 0.5) is 0 Å². The van der Waals surface area contributed by atoms with Gasteiger partial charge < -0.3 is 0 Å². The van der Waals surface area contributed by atoms with Gasteiger partial charge in [0.2, 0.25) is 0 Å². The zero-order valence-corrected chi connectivity index (χ0v) is 12.3. The summed E-state index contributed by atoms with van der Waals surface area (Å²) in [5.41, 5.74) is 1.80. The topological polar surface area (TPSA) is 55.7 Å². The second kappa shape index (κ2) is 5.28. The molecule has 18 heavy (non-hydrogen) atoms. The van der Waals surface area contributed by atoms with Crippen molar-refractivity contribution in [2.24, 2.45) is 5.16 Å². The van der Waals surface area contributed by atoms with Crippen molar-refractivity contribution >= 4 is 26.9 Å². The molecule has 0 saturated heterocycles. The molecule has 4 nitrogen and oxygen atoms in total. The van der Waals surface area contributed by atoms with Gasteiger partial charge in [-0.3, -0.25) is 4.28 Å². The maximum absolute atomic E-state index is 10.8. The second-order valence-corrected chi connectivity index (χ2v) is 6.90. The molecule has 0 N–H and O–H groups in total. The molecule has 6 heteroatoms. The van der Waals surface area contributed by atoms with Gasteiger partial charge in [-0.05, 0) is 11.0 Å². The van der Waals surface area contributed by atoms with Crippen LogP contribution in [0.25, 0.3) is 0 Å². The average molecular weight is 290 g/mol. The lowest BCUT2D eigenvalue weighted by molar-refractivity contribution is 0.344. The van der Waals surface area contributed by atoms with E-state index in [-0.39, 0.29) is 10.6 Å². The summed E-state index contributed by atoms with van der Waals surface area (Å²) >= 11 is 5.84. The maximum Gasteiger partial charge on any atom is 0.325 e. The zero-order valence-electron chi connectivity index (χ0n) is 10.8. The predicted octanol–water partition coefficient (Wildman–Crippen LogP) is 2.86. The molecule has 0 saturated carbocycles. The van der Waals surface area contributed by atoms with E-state index >= 15 is 0 Å². The molecule has 0 unspecified atom stereocenters. The fraction of sp³-hybridized carbons (Fsp3) is 0.417. The summed E-state index contributed by atoms with van der Waals surface area (Å²) in [5.74, 6) is 0. The van der Waals surface area contributed by atoms with Crippen LogP contribution < -0.4 is 0 Å². The highest BCUT2D eigenvalue weighted by atomic mass is 35.5. The van der Waals surface area contributed by atoms with Gasteiger partial charge in [-0.15, -0.1) is 0 Å². The van der Waals surface area contributed by atoms with Crippen LogP contribution in [-0.2, 0) is 19.8 Å². The van der Waals surface area contributed by atoms with Gasteiger partial charge in [0.05, 0.1) is 6.26 Å². The quantitative estimate of drug-likeness (QED) is 0.635. The van der Waals surface area contributed by atoms with E-state index in [2.05, 4.69) is 30.2 Å². The van der Waals surface area contributed by atoms with Gasteiger partial charge in [-0.1, -0.05) is 61.8 Å². The molecule has 100 valence electrons. The summed E-state index contributed by atoms with van der Waals surface area (Å²) in [5, 5.41) is 3.35. The Morgan fingerprint density at radius 1 is 1.22 bits per heavy atom. The maximum atomic E-state index is 10.8. The van der Waals surface area contributed by atoms with Crippen molar-refractivity contribution < 1.29 is 12.7 Å². The summed E-state index contributed by atoms with van der Waals surface area (Å²) in [6.45, 7) is 6.30.